The number of hydrogen-bond acceptors (Lipinski definition) is 5. The van der Waals surface area contributed by atoms with E-state index in [0.717, 1.165) is 30.5 Å². The van der Waals surface area contributed by atoms with Crippen LogP contribution in [0.2, 0.25) is 0 Å². The third kappa shape index (κ3) is 3.16. The number of fused-ring (bicyclic) bond motifs is 4. The van der Waals surface area contributed by atoms with E-state index in [1.807, 2.05) is 37.3 Å². The van der Waals surface area contributed by atoms with Gasteiger partial charge in [0.05, 0.1) is 18.0 Å². The molecule has 0 spiro atoms. The number of carbonyl (C=O) groups excluding carboxylic acids is 2. The third-order valence-corrected chi connectivity index (χ3v) is 8.60. The maximum absolute atomic E-state index is 12.5. The van der Waals surface area contributed by atoms with E-state index in [1.54, 1.807) is 11.3 Å². The van der Waals surface area contributed by atoms with Crippen LogP contribution in [0.4, 0.5) is 5.13 Å². The van der Waals surface area contributed by atoms with Crippen LogP contribution in [-0.4, -0.2) is 23.0 Å². The Bertz CT molecular complexity index is 988. The lowest BCUT2D eigenvalue weighted by Gasteiger charge is -2.51. The molecule has 2 fully saturated rings. The fourth-order valence-corrected chi connectivity index (χ4v) is 7.36. The molecule has 6 atom stereocenters. The lowest BCUT2D eigenvalue weighted by molar-refractivity contribution is -0.149. The molecule has 2 heterocycles. The average Bonchev–Trinajstić information content (AvgIpc) is 3.22. The molecule has 158 valence electrons. The number of carbonyl (C=O) groups is 2. The Labute approximate surface area is 181 Å². The molecule has 6 unspecified atom stereocenters. The molecule has 1 aromatic carbocycles. The van der Waals surface area contributed by atoms with Crippen LogP contribution in [0.5, 0.6) is 0 Å². The maximum atomic E-state index is 12.5. The summed E-state index contributed by atoms with van der Waals surface area (Å²) in [5, 5.41) is 3.69. The fraction of sp³-hybridized carbons (Fsp3) is 0.542. The minimum Gasteiger partial charge on any atom is -0.461 e. The number of esters is 1. The monoisotopic (exact) mass is 424 g/mol. The van der Waals surface area contributed by atoms with Crippen LogP contribution < -0.4 is 5.32 Å². The molecule has 1 N–H and O–H groups in total. The summed E-state index contributed by atoms with van der Waals surface area (Å²) in [5.74, 6) is 0.731. The fourth-order valence-electron chi connectivity index (χ4n) is 6.08. The minimum absolute atomic E-state index is 0.00332. The van der Waals surface area contributed by atoms with Crippen molar-refractivity contribution >= 4 is 28.3 Å². The van der Waals surface area contributed by atoms with E-state index in [-0.39, 0.29) is 41.1 Å². The van der Waals surface area contributed by atoms with Gasteiger partial charge in [0, 0.05) is 22.6 Å². The summed E-state index contributed by atoms with van der Waals surface area (Å²) in [7, 11) is 0. The first-order valence-corrected chi connectivity index (χ1v) is 11.7. The number of nitrogens with zero attached hydrogens (tertiary/aromatic N) is 1. The molecule has 2 aliphatic carbocycles. The second-order valence-electron chi connectivity index (χ2n) is 9.58. The average molecular weight is 425 g/mol. The van der Waals surface area contributed by atoms with E-state index in [9.17, 15) is 9.59 Å². The molecule has 1 saturated carbocycles. The second kappa shape index (κ2) is 7.19. The van der Waals surface area contributed by atoms with Gasteiger partial charge in [-0.25, -0.2) is 4.98 Å². The molecule has 1 aliphatic heterocycles. The molecule has 2 aromatic rings. The van der Waals surface area contributed by atoms with Gasteiger partial charge >= 0.3 is 5.97 Å². The van der Waals surface area contributed by atoms with Gasteiger partial charge in [-0.3, -0.25) is 9.59 Å². The number of thiazole rings is 1. The van der Waals surface area contributed by atoms with E-state index in [1.165, 1.54) is 4.88 Å². The van der Waals surface area contributed by atoms with Gasteiger partial charge in [-0.1, -0.05) is 51.1 Å². The van der Waals surface area contributed by atoms with Gasteiger partial charge in [0.2, 0.25) is 5.91 Å². The van der Waals surface area contributed by atoms with Crippen molar-refractivity contribution in [3.8, 4) is 0 Å². The molecular formula is C24H28N2O3S. The van der Waals surface area contributed by atoms with Gasteiger partial charge in [-0.15, -0.1) is 11.3 Å². The van der Waals surface area contributed by atoms with Crippen LogP contribution in [0, 0.1) is 23.2 Å². The van der Waals surface area contributed by atoms with Crippen LogP contribution in [0.3, 0.4) is 0 Å². The Kier molecular flexibility index (Phi) is 4.73. The van der Waals surface area contributed by atoms with Crippen LogP contribution in [0.15, 0.2) is 30.3 Å². The predicted molar refractivity (Wildman–Crippen MR) is 116 cm³/mol. The SMILES string of the molecule is CC1C(=O)OC2C1CCC1(C)Cc3sc(NC(=O)Cc4ccccc4)nc3C(C)C21. The van der Waals surface area contributed by atoms with E-state index in [4.69, 9.17) is 9.72 Å². The van der Waals surface area contributed by atoms with Crippen molar-refractivity contribution < 1.29 is 14.3 Å². The van der Waals surface area contributed by atoms with E-state index < -0.39 is 0 Å². The van der Waals surface area contributed by atoms with Gasteiger partial charge in [-0.05, 0) is 30.2 Å². The third-order valence-electron chi connectivity index (χ3n) is 7.61. The Morgan fingerprint density at radius 2 is 2.03 bits per heavy atom. The van der Waals surface area contributed by atoms with Gasteiger partial charge < -0.3 is 10.1 Å². The van der Waals surface area contributed by atoms with Crippen molar-refractivity contribution in [1.29, 1.82) is 0 Å². The number of rotatable bonds is 3. The largest absolute Gasteiger partial charge is 0.461 e. The number of aromatic nitrogens is 1. The molecule has 0 bridgehead atoms. The van der Waals surface area contributed by atoms with Crippen molar-refractivity contribution in [1.82, 2.24) is 4.98 Å². The van der Waals surface area contributed by atoms with Crippen molar-refractivity contribution in [2.45, 2.75) is 58.5 Å². The molecule has 0 radical (unpaired) electrons. The zero-order valence-electron chi connectivity index (χ0n) is 17.7. The topological polar surface area (TPSA) is 68.3 Å². The summed E-state index contributed by atoms with van der Waals surface area (Å²) in [6.07, 6.45) is 3.44. The number of benzene rings is 1. The Morgan fingerprint density at radius 1 is 1.27 bits per heavy atom. The Hall–Kier alpha value is -2.21. The highest BCUT2D eigenvalue weighted by molar-refractivity contribution is 7.15. The van der Waals surface area contributed by atoms with Gasteiger partial charge in [0.1, 0.15) is 6.10 Å². The second-order valence-corrected chi connectivity index (χ2v) is 10.7. The van der Waals surface area contributed by atoms with Gasteiger partial charge in [0.15, 0.2) is 5.13 Å². The summed E-state index contributed by atoms with van der Waals surface area (Å²) in [4.78, 5) is 30.9. The van der Waals surface area contributed by atoms with Crippen LogP contribution in [0.25, 0.3) is 0 Å². The van der Waals surface area contributed by atoms with Crippen LogP contribution in [-0.2, 0) is 27.2 Å². The number of nitrogens with one attached hydrogen (secondary N) is 1. The molecule has 5 nitrogen and oxygen atoms in total. The molecular weight excluding hydrogens is 396 g/mol. The summed E-state index contributed by atoms with van der Waals surface area (Å²) in [6.45, 7) is 6.57. The lowest BCUT2D eigenvalue weighted by Crippen LogP contribution is -2.50. The van der Waals surface area contributed by atoms with Crippen molar-refractivity contribution in [3.05, 3.63) is 46.5 Å². The number of ether oxygens (including phenoxy) is 1. The van der Waals surface area contributed by atoms with Crippen LogP contribution >= 0.6 is 11.3 Å². The molecule has 1 amide bonds. The highest BCUT2D eigenvalue weighted by Crippen LogP contribution is 2.59. The first-order chi connectivity index (χ1) is 14.4. The van der Waals surface area contributed by atoms with E-state index >= 15 is 0 Å². The predicted octanol–water partition coefficient (Wildman–Crippen LogP) is 4.58. The molecule has 30 heavy (non-hydrogen) atoms. The van der Waals surface area contributed by atoms with Crippen molar-refractivity contribution in [3.63, 3.8) is 0 Å². The Balaban J connectivity index is 1.38. The van der Waals surface area contributed by atoms with E-state index in [0.29, 0.717) is 17.5 Å². The summed E-state index contributed by atoms with van der Waals surface area (Å²) in [5.41, 5.74) is 2.18. The highest BCUT2D eigenvalue weighted by Gasteiger charge is 2.58. The van der Waals surface area contributed by atoms with Crippen molar-refractivity contribution in [2.24, 2.45) is 23.2 Å². The number of hydrogen-bond donors (Lipinski definition) is 1. The number of amides is 1. The van der Waals surface area contributed by atoms with Crippen LogP contribution in [0.1, 0.15) is 55.7 Å². The minimum atomic E-state index is -0.0422. The quantitative estimate of drug-likeness (QED) is 0.733. The van der Waals surface area contributed by atoms with Crippen molar-refractivity contribution in [2.75, 3.05) is 5.32 Å². The zero-order chi connectivity index (χ0) is 21.0. The maximum Gasteiger partial charge on any atom is 0.309 e. The Morgan fingerprint density at radius 3 is 2.80 bits per heavy atom. The molecule has 3 aliphatic rings. The summed E-state index contributed by atoms with van der Waals surface area (Å²) >= 11 is 1.61. The summed E-state index contributed by atoms with van der Waals surface area (Å²) in [6, 6.07) is 9.75. The molecule has 5 rings (SSSR count). The first-order valence-electron chi connectivity index (χ1n) is 10.9. The molecule has 6 heteroatoms. The smallest absolute Gasteiger partial charge is 0.309 e. The van der Waals surface area contributed by atoms with Gasteiger partial charge in [0.25, 0.3) is 0 Å². The van der Waals surface area contributed by atoms with E-state index in [2.05, 4.69) is 19.2 Å². The molecule has 1 aromatic heterocycles. The highest BCUT2D eigenvalue weighted by atomic mass is 32.1. The number of anilines is 1. The normalized spacial score (nSPS) is 34.5. The van der Waals surface area contributed by atoms with Gasteiger partial charge in [-0.2, -0.15) is 0 Å². The lowest BCUT2D eigenvalue weighted by atomic mass is 9.54. The summed E-state index contributed by atoms with van der Waals surface area (Å²) < 4.78 is 5.90. The standard InChI is InChI=1S/C24H28N2O3S/c1-13-16-9-10-24(3)12-17-20(14(2)19(24)21(16)29-22(13)28)26-23(30-17)25-18(27)11-15-7-5-4-6-8-15/h4-8,13-14,16,19,21H,9-12H2,1-3H3,(H,25,26,27). The first kappa shape index (κ1) is 19.7. The molecule has 1 saturated heterocycles. The zero-order valence-corrected chi connectivity index (χ0v) is 18.5.